The van der Waals surface area contributed by atoms with Crippen LogP contribution in [0.1, 0.15) is 31.9 Å². The average Bonchev–Trinajstić information content (AvgIpc) is 2.48. The Kier molecular flexibility index (Phi) is 11.3. The van der Waals surface area contributed by atoms with Crippen LogP contribution in [0.3, 0.4) is 0 Å². The Balaban J connectivity index is 0.00000264. The summed E-state index contributed by atoms with van der Waals surface area (Å²) in [7, 11) is 0. The largest absolute Gasteiger partial charge is 0.352 e. The van der Waals surface area contributed by atoms with Gasteiger partial charge in [0.2, 0.25) is 5.91 Å². The Morgan fingerprint density at radius 2 is 1.88 bits per heavy atom. The minimum atomic E-state index is 0. The first-order valence-electron chi connectivity index (χ1n) is 8.42. The van der Waals surface area contributed by atoms with Gasteiger partial charge in [-0.05, 0) is 43.2 Å². The van der Waals surface area contributed by atoms with Gasteiger partial charge in [-0.1, -0.05) is 45.0 Å². The second kappa shape index (κ2) is 11.7. The van der Waals surface area contributed by atoms with E-state index >= 15 is 0 Å². The number of halogens is 2. The summed E-state index contributed by atoms with van der Waals surface area (Å²) in [6.45, 7) is 12.0. The number of amides is 1. The first-order valence-corrected chi connectivity index (χ1v) is 8.42. The van der Waals surface area contributed by atoms with Gasteiger partial charge in [0, 0.05) is 19.0 Å². The number of hydrogen-bond donors (Lipinski definition) is 2. The smallest absolute Gasteiger partial charge is 0.223 e. The summed E-state index contributed by atoms with van der Waals surface area (Å²) >= 11 is 0. The Morgan fingerprint density at radius 3 is 2.42 bits per heavy atom. The lowest BCUT2D eigenvalue weighted by molar-refractivity contribution is -0.126. The molecule has 0 saturated carbocycles. The SMILES string of the molecule is CCN(CC)Cc1cccc(CNC(=O)C(C)C2CNC2)c1.Cl.Cl. The lowest BCUT2D eigenvalue weighted by Gasteiger charge is -2.31. The lowest BCUT2D eigenvalue weighted by Crippen LogP contribution is -2.49. The van der Waals surface area contributed by atoms with Crippen LogP contribution in [0.5, 0.6) is 0 Å². The molecule has 1 heterocycles. The molecule has 1 saturated heterocycles. The fraction of sp³-hybridized carbons (Fsp3) is 0.611. The average molecular weight is 376 g/mol. The summed E-state index contributed by atoms with van der Waals surface area (Å²) in [6.07, 6.45) is 0. The molecule has 1 aromatic carbocycles. The highest BCUT2D eigenvalue weighted by molar-refractivity contribution is 5.85. The third-order valence-electron chi connectivity index (χ3n) is 4.69. The molecule has 0 aliphatic carbocycles. The van der Waals surface area contributed by atoms with E-state index in [1.165, 1.54) is 11.1 Å². The molecule has 1 amide bonds. The van der Waals surface area contributed by atoms with Gasteiger partial charge >= 0.3 is 0 Å². The van der Waals surface area contributed by atoms with E-state index in [0.29, 0.717) is 12.5 Å². The number of nitrogens with zero attached hydrogens (tertiary/aromatic N) is 1. The molecule has 24 heavy (non-hydrogen) atoms. The Bertz CT molecular complexity index is 491. The first-order chi connectivity index (χ1) is 10.6. The lowest BCUT2D eigenvalue weighted by atomic mass is 9.88. The van der Waals surface area contributed by atoms with Crippen molar-refractivity contribution in [2.75, 3.05) is 26.2 Å². The molecular formula is C18H31Cl2N3O. The zero-order valence-corrected chi connectivity index (χ0v) is 16.5. The highest BCUT2D eigenvalue weighted by Crippen LogP contribution is 2.16. The predicted octanol–water partition coefficient (Wildman–Crippen LogP) is 2.84. The minimum Gasteiger partial charge on any atom is -0.352 e. The number of hydrogen-bond acceptors (Lipinski definition) is 3. The maximum Gasteiger partial charge on any atom is 0.223 e. The Morgan fingerprint density at radius 1 is 1.25 bits per heavy atom. The fourth-order valence-electron chi connectivity index (χ4n) is 2.77. The van der Waals surface area contributed by atoms with Crippen molar-refractivity contribution in [3.05, 3.63) is 35.4 Å². The molecule has 0 aromatic heterocycles. The fourth-order valence-corrected chi connectivity index (χ4v) is 2.77. The van der Waals surface area contributed by atoms with Crippen molar-refractivity contribution in [3.8, 4) is 0 Å². The Hall–Kier alpha value is -0.810. The third-order valence-corrected chi connectivity index (χ3v) is 4.69. The quantitative estimate of drug-likeness (QED) is 0.733. The number of nitrogens with one attached hydrogen (secondary N) is 2. The van der Waals surface area contributed by atoms with E-state index in [1.54, 1.807) is 0 Å². The zero-order valence-electron chi connectivity index (χ0n) is 14.9. The van der Waals surface area contributed by atoms with Gasteiger partial charge in [0.1, 0.15) is 0 Å². The second-order valence-corrected chi connectivity index (χ2v) is 6.21. The van der Waals surface area contributed by atoms with Gasteiger partial charge < -0.3 is 10.6 Å². The van der Waals surface area contributed by atoms with E-state index in [-0.39, 0.29) is 36.6 Å². The van der Waals surface area contributed by atoms with E-state index in [0.717, 1.165) is 32.7 Å². The van der Waals surface area contributed by atoms with Crippen molar-refractivity contribution in [2.45, 2.75) is 33.9 Å². The van der Waals surface area contributed by atoms with Crippen LogP contribution in [-0.4, -0.2) is 37.0 Å². The van der Waals surface area contributed by atoms with Crippen LogP contribution < -0.4 is 10.6 Å². The summed E-state index contributed by atoms with van der Waals surface area (Å²) < 4.78 is 0. The molecule has 0 spiro atoms. The van der Waals surface area contributed by atoms with Crippen molar-refractivity contribution >= 4 is 30.7 Å². The van der Waals surface area contributed by atoms with Gasteiger partial charge in [0.05, 0.1) is 0 Å². The maximum atomic E-state index is 12.2. The molecular weight excluding hydrogens is 345 g/mol. The summed E-state index contributed by atoms with van der Waals surface area (Å²) in [5.74, 6) is 0.759. The molecule has 0 bridgehead atoms. The summed E-state index contributed by atoms with van der Waals surface area (Å²) in [5, 5.41) is 6.30. The van der Waals surface area contributed by atoms with Crippen molar-refractivity contribution in [1.29, 1.82) is 0 Å². The number of benzene rings is 1. The van der Waals surface area contributed by atoms with Crippen LogP contribution >= 0.6 is 24.8 Å². The van der Waals surface area contributed by atoms with Gasteiger partial charge in [0.25, 0.3) is 0 Å². The first kappa shape index (κ1) is 23.2. The van der Waals surface area contributed by atoms with Gasteiger partial charge in [-0.3, -0.25) is 9.69 Å². The molecule has 0 radical (unpaired) electrons. The molecule has 1 atom stereocenters. The number of rotatable bonds is 8. The van der Waals surface area contributed by atoms with E-state index < -0.39 is 0 Å². The van der Waals surface area contributed by atoms with Crippen molar-refractivity contribution in [2.24, 2.45) is 11.8 Å². The maximum absolute atomic E-state index is 12.2. The molecule has 1 aliphatic heterocycles. The van der Waals surface area contributed by atoms with Crippen molar-refractivity contribution in [3.63, 3.8) is 0 Å². The van der Waals surface area contributed by atoms with E-state index in [2.05, 4.69) is 53.6 Å². The monoisotopic (exact) mass is 375 g/mol. The van der Waals surface area contributed by atoms with Crippen molar-refractivity contribution < 1.29 is 4.79 Å². The molecule has 6 heteroatoms. The van der Waals surface area contributed by atoms with Crippen LogP contribution in [0.15, 0.2) is 24.3 Å². The minimum absolute atomic E-state index is 0. The molecule has 4 nitrogen and oxygen atoms in total. The van der Waals surface area contributed by atoms with E-state index in [1.807, 2.05) is 6.92 Å². The Labute approximate surface area is 158 Å². The highest BCUT2D eigenvalue weighted by atomic mass is 35.5. The van der Waals surface area contributed by atoms with Gasteiger partial charge in [-0.2, -0.15) is 0 Å². The molecule has 1 aliphatic rings. The molecule has 1 aromatic rings. The number of carbonyl (C=O) groups is 1. The van der Waals surface area contributed by atoms with Gasteiger partial charge in [-0.25, -0.2) is 0 Å². The van der Waals surface area contributed by atoms with Crippen LogP contribution in [-0.2, 0) is 17.9 Å². The van der Waals surface area contributed by atoms with E-state index in [4.69, 9.17) is 0 Å². The highest BCUT2D eigenvalue weighted by Gasteiger charge is 2.28. The number of carbonyl (C=O) groups excluding carboxylic acids is 1. The van der Waals surface area contributed by atoms with Gasteiger partial charge in [0.15, 0.2) is 0 Å². The van der Waals surface area contributed by atoms with E-state index in [9.17, 15) is 4.79 Å². The summed E-state index contributed by atoms with van der Waals surface area (Å²) in [5.41, 5.74) is 2.49. The zero-order chi connectivity index (χ0) is 15.9. The molecule has 2 N–H and O–H groups in total. The van der Waals surface area contributed by atoms with Crippen LogP contribution in [0.4, 0.5) is 0 Å². The third kappa shape index (κ3) is 6.60. The predicted molar refractivity (Wildman–Crippen MR) is 105 cm³/mol. The molecule has 2 rings (SSSR count). The normalized spacial score (nSPS) is 15.0. The molecule has 1 unspecified atom stereocenters. The molecule has 1 fully saturated rings. The topological polar surface area (TPSA) is 44.4 Å². The molecule has 138 valence electrons. The second-order valence-electron chi connectivity index (χ2n) is 6.21. The van der Waals surface area contributed by atoms with Crippen LogP contribution in [0.25, 0.3) is 0 Å². The van der Waals surface area contributed by atoms with Crippen LogP contribution in [0.2, 0.25) is 0 Å². The van der Waals surface area contributed by atoms with Crippen LogP contribution in [0, 0.1) is 11.8 Å². The summed E-state index contributed by atoms with van der Waals surface area (Å²) in [6, 6.07) is 8.53. The summed E-state index contributed by atoms with van der Waals surface area (Å²) in [4.78, 5) is 14.6. The standard InChI is InChI=1S/C18H29N3O.2ClH/c1-4-21(5-2)13-16-8-6-7-15(9-16)10-20-18(22)14(3)17-11-19-12-17;;/h6-9,14,17,19H,4-5,10-13H2,1-3H3,(H,20,22);2*1H. The van der Waals surface area contributed by atoms with Gasteiger partial charge in [-0.15, -0.1) is 24.8 Å². The van der Waals surface area contributed by atoms with Crippen molar-refractivity contribution in [1.82, 2.24) is 15.5 Å².